The van der Waals surface area contributed by atoms with Gasteiger partial charge in [0.15, 0.2) is 10.7 Å². The van der Waals surface area contributed by atoms with Gasteiger partial charge in [0.05, 0.1) is 0 Å². The summed E-state index contributed by atoms with van der Waals surface area (Å²) in [6.07, 6.45) is 5.15. The minimum Gasteiger partial charge on any atom is -0.476 e. The van der Waals surface area contributed by atoms with Gasteiger partial charge in [-0.1, -0.05) is 6.42 Å². The van der Waals surface area contributed by atoms with E-state index in [1.54, 1.807) is 0 Å². The van der Waals surface area contributed by atoms with E-state index in [0.29, 0.717) is 5.92 Å². The van der Waals surface area contributed by atoms with E-state index in [-0.39, 0.29) is 22.7 Å². The zero-order valence-electron chi connectivity index (χ0n) is 11.3. The van der Waals surface area contributed by atoms with E-state index in [2.05, 4.69) is 17.2 Å². The van der Waals surface area contributed by atoms with E-state index in [4.69, 9.17) is 5.11 Å². The maximum absolute atomic E-state index is 12.1. The van der Waals surface area contributed by atoms with Crippen molar-refractivity contribution in [3.05, 3.63) is 16.1 Å². The molecule has 0 aromatic carbocycles. The maximum Gasteiger partial charge on any atom is 0.355 e. The second-order valence-corrected chi connectivity index (χ2v) is 6.80. The number of thiazole rings is 1. The quantitative estimate of drug-likeness (QED) is 0.893. The predicted molar refractivity (Wildman–Crippen MR) is 74.9 cm³/mol. The van der Waals surface area contributed by atoms with Gasteiger partial charge >= 0.3 is 5.97 Å². The number of carbonyl (C=O) groups is 2. The Bertz CT molecular complexity index is 542. The summed E-state index contributed by atoms with van der Waals surface area (Å²) in [4.78, 5) is 26.7. The summed E-state index contributed by atoms with van der Waals surface area (Å²) in [5, 5.41) is 13.4. The lowest BCUT2D eigenvalue weighted by molar-refractivity contribution is 0.0691. The van der Waals surface area contributed by atoms with Crippen LogP contribution in [0.2, 0.25) is 0 Å². The number of aromatic carboxylic acids is 1. The van der Waals surface area contributed by atoms with Gasteiger partial charge in [0.25, 0.3) is 5.91 Å². The zero-order valence-corrected chi connectivity index (χ0v) is 12.2. The Morgan fingerprint density at radius 1 is 1.45 bits per heavy atom. The van der Waals surface area contributed by atoms with E-state index < -0.39 is 5.97 Å². The van der Waals surface area contributed by atoms with Crippen molar-refractivity contribution in [2.24, 2.45) is 17.8 Å². The van der Waals surface area contributed by atoms with E-state index in [1.165, 1.54) is 31.1 Å². The molecule has 2 aliphatic rings. The van der Waals surface area contributed by atoms with E-state index >= 15 is 0 Å². The maximum atomic E-state index is 12.1. The number of rotatable bonds is 4. The molecular weight excluding hydrogens is 276 g/mol. The highest BCUT2D eigenvalue weighted by Crippen LogP contribution is 2.49. The largest absolute Gasteiger partial charge is 0.476 e. The molecule has 2 bridgehead atoms. The Hall–Kier alpha value is -1.43. The lowest BCUT2D eigenvalue weighted by atomic mass is 9.84. The van der Waals surface area contributed by atoms with Crippen molar-refractivity contribution in [2.45, 2.75) is 38.6 Å². The molecule has 0 spiro atoms. The Balaban J connectivity index is 1.62. The van der Waals surface area contributed by atoms with Gasteiger partial charge in [-0.3, -0.25) is 4.79 Å². The first-order valence-corrected chi connectivity index (χ1v) is 7.92. The number of hydrogen-bond acceptors (Lipinski definition) is 4. The number of carboxylic acids is 1. The minimum absolute atomic E-state index is 0.0623. The second kappa shape index (κ2) is 5.16. The van der Waals surface area contributed by atoms with Crippen LogP contribution < -0.4 is 5.32 Å². The van der Waals surface area contributed by atoms with Crippen LogP contribution in [0.4, 0.5) is 0 Å². The number of aromatic nitrogens is 1. The van der Waals surface area contributed by atoms with Crippen molar-refractivity contribution in [1.82, 2.24) is 10.3 Å². The van der Waals surface area contributed by atoms with Gasteiger partial charge in [-0.25, -0.2) is 9.78 Å². The van der Waals surface area contributed by atoms with Gasteiger partial charge < -0.3 is 10.4 Å². The van der Waals surface area contributed by atoms with E-state index in [1.807, 2.05) is 0 Å². The van der Waals surface area contributed by atoms with Crippen molar-refractivity contribution in [3.63, 3.8) is 0 Å². The molecule has 1 heterocycles. The van der Waals surface area contributed by atoms with Crippen LogP contribution in [0.1, 0.15) is 52.9 Å². The second-order valence-electron chi connectivity index (χ2n) is 5.94. The molecule has 4 atom stereocenters. The van der Waals surface area contributed by atoms with Crippen molar-refractivity contribution < 1.29 is 14.7 Å². The minimum atomic E-state index is -1.10. The summed E-state index contributed by atoms with van der Waals surface area (Å²) >= 11 is 1.08. The molecule has 4 unspecified atom stereocenters. The van der Waals surface area contributed by atoms with Crippen molar-refractivity contribution in [1.29, 1.82) is 0 Å². The van der Waals surface area contributed by atoms with Crippen LogP contribution in [0.25, 0.3) is 0 Å². The normalized spacial score (nSPS) is 29.4. The number of nitrogens with zero attached hydrogens (tertiary/aromatic N) is 1. The van der Waals surface area contributed by atoms with E-state index in [0.717, 1.165) is 23.2 Å². The molecule has 0 saturated heterocycles. The van der Waals surface area contributed by atoms with Crippen LogP contribution in [0, 0.1) is 17.8 Å². The Morgan fingerprint density at radius 3 is 2.80 bits per heavy atom. The molecular formula is C14H18N2O3S. The first-order valence-electron chi connectivity index (χ1n) is 7.04. The van der Waals surface area contributed by atoms with Crippen molar-refractivity contribution in [2.75, 3.05) is 0 Å². The zero-order chi connectivity index (χ0) is 14.3. The molecule has 0 aliphatic heterocycles. The summed E-state index contributed by atoms with van der Waals surface area (Å²) in [5.41, 5.74) is -0.0623. The molecule has 2 fully saturated rings. The Kier molecular flexibility index (Phi) is 3.50. The lowest BCUT2D eigenvalue weighted by Gasteiger charge is -2.28. The molecule has 6 heteroatoms. The standard InChI is InChI=1S/C14H18N2O3S/c1-7(10-5-8-2-3-9(10)4-8)15-12(17)13-16-11(6-20-13)14(18)19/h6-10H,2-5H2,1H3,(H,15,17)(H,18,19). The number of hydrogen-bond donors (Lipinski definition) is 2. The number of nitrogens with one attached hydrogen (secondary N) is 1. The molecule has 20 heavy (non-hydrogen) atoms. The van der Waals surface area contributed by atoms with Gasteiger partial charge in [0, 0.05) is 11.4 Å². The number of carbonyl (C=O) groups excluding carboxylic acids is 1. The fraction of sp³-hybridized carbons (Fsp3) is 0.643. The molecule has 2 aliphatic carbocycles. The molecule has 2 N–H and O–H groups in total. The number of carboxylic acid groups (broad SMARTS) is 1. The highest BCUT2D eigenvalue weighted by atomic mass is 32.1. The predicted octanol–water partition coefficient (Wildman–Crippen LogP) is 2.40. The highest BCUT2D eigenvalue weighted by molar-refractivity contribution is 7.11. The van der Waals surface area contributed by atoms with Gasteiger partial charge in [-0.2, -0.15) is 0 Å². The fourth-order valence-corrected chi connectivity index (χ4v) is 4.45. The van der Waals surface area contributed by atoms with Crippen LogP contribution in [0.5, 0.6) is 0 Å². The highest BCUT2D eigenvalue weighted by Gasteiger charge is 2.42. The fourth-order valence-electron chi connectivity index (χ4n) is 3.76. The van der Waals surface area contributed by atoms with Crippen LogP contribution in [0.15, 0.2) is 5.38 Å². The molecule has 5 nitrogen and oxygen atoms in total. The van der Waals surface area contributed by atoms with Gasteiger partial charge in [0.1, 0.15) is 0 Å². The molecule has 1 aromatic rings. The smallest absolute Gasteiger partial charge is 0.355 e. The van der Waals surface area contributed by atoms with Gasteiger partial charge in [-0.15, -0.1) is 11.3 Å². The summed E-state index contributed by atoms with van der Waals surface area (Å²) in [7, 11) is 0. The van der Waals surface area contributed by atoms with E-state index in [9.17, 15) is 9.59 Å². The number of amides is 1. The lowest BCUT2D eigenvalue weighted by Crippen LogP contribution is -2.40. The third-order valence-electron chi connectivity index (χ3n) is 4.71. The van der Waals surface area contributed by atoms with Crippen molar-refractivity contribution >= 4 is 23.2 Å². The average Bonchev–Trinajstić information content (AvgIpc) is 3.14. The summed E-state index contributed by atoms with van der Waals surface area (Å²) in [6, 6.07) is 0.134. The van der Waals surface area contributed by atoms with Crippen LogP contribution in [-0.4, -0.2) is 28.0 Å². The third-order valence-corrected chi connectivity index (χ3v) is 5.55. The summed E-state index contributed by atoms with van der Waals surface area (Å²) < 4.78 is 0. The van der Waals surface area contributed by atoms with Gasteiger partial charge in [0.2, 0.25) is 0 Å². The average molecular weight is 294 g/mol. The summed E-state index contributed by atoms with van der Waals surface area (Å²) in [5.74, 6) is 0.819. The molecule has 3 rings (SSSR count). The van der Waals surface area contributed by atoms with Crippen LogP contribution >= 0.6 is 11.3 Å². The molecule has 1 amide bonds. The molecule has 0 radical (unpaired) electrons. The Labute approximate surface area is 121 Å². The summed E-state index contributed by atoms with van der Waals surface area (Å²) in [6.45, 7) is 2.05. The first kappa shape index (κ1) is 13.5. The first-order chi connectivity index (χ1) is 9.54. The van der Waals surface area contributed by atoms with Gasteiger partial charge in [-0.05, 0) is 43.9 Å². The monoisotopic (exact) mass is 294 g/mol. The van der Waals surface area contributed by atoms with Crippen molar-refractivity contribution in [3.8, 4) is 0 Å². The SMILES string of the molecule is CC(NC(=O)c1nc(C(=O)O)cs1)C1CC2CCC1C2. The molecule has 2 saturated carbocycles. The Morgan fingerprint density at radius 2 is 2.25 bits per heavy atom. The molecule has 108 valence electrons. The number of fused-ring (bicyclic) bond motifs is 2. The van der Waals surface area contributed by atoms with Crippen LogP contribution in [0.3, 0.4) is 0 Å². The molecule has 1 aromatic heterocycles. The van der Waals surface area contributed by atoms with Crippen LogP contribution in [-0.2, 0) is 0 Å². The third kappa shape index (κ3) is 2.44. The topological polar surface area (TPSA) is 79.3 Å².